The third kappa shape index (κ3) is 7.36. The van der Waals surface area contributed by atoms with Crippen molar-refractivity contribution in [2.24, 2.45) is 0 Å². The molecule has 0 fully saturated rings. The average molecular weight is 386 g/mol. The third-order valence-electron chi connectivity index (χ3n) is 3.73. The Morgan fingerprint density at radius 2 is 1.68 bits per heavy atom. The van der Waals surface area contributed by atoms with E-state index in [2.05, 4.69) is 15.4 Å². The second-order valence-electron chi connectivity index (χ2n) is 5.87. The molecule has 0 aromatic heterocycles. The second kappa shape index (κ2) is 10.6. The average Bonchev–Trinajstić information content (AvgIpc) is 2.67. The third-order valence-corrected chi connectivity index (χ3v) is 3.73. The molecule has 0 bridgehead atoms. The summed E-state index contributed by atoms with van der Waals surface area (Å²) in [4.78, 5) is 33.8. The Morgan fingerprint density at radius 1 is 0.964 bits per heavy atom. The first-order valence-corrected chi connectivity index (χ1v) is 8.64. The van der Waals surface area contributed by atoms with Crippen LogP contribution in [-0.4, -0.2) is 36.8 Å². The van der Waals surface area contributed by atoms with Crippen LogP contribution < -0.4 is 15.4 Å². The molecule has 0 atom stereocenters. The van der Waals surface area contributed by atoms with Crippen molar-refractivity contribution in [3.8, 4) is 5.75 Å². The van der Waals surface area contributed by atoms with E-state index in [4.69, 9.17) is 9.84 Å². The number of rotatable bonds is 9. The van der Waals surface area contributed by atoms with Gasteiger partial charge in [0.15, 0.2) is 0 Å². The second-order valence-corrected chi connectivity index (χ2v) is 5.87. The Morgan fingerprint density at radius 3 is 2.36 bits per heavy atom. The van der Waals surface area contributed by atoms with E-state index in [0.29, 0.717) is 23.5 Å². The van der Waals surface area contributed by atoms with Crippen LogP contribution >= 0.6 is 0 Å². The molecule has 0 aliphatic heterocycles. The first kappa shape index (κ1) is 20.8. The number of benzene rings is 2. The molecule has 8 nitrogen and oxygen atoms in total. The Labute approximate surface area is 162 Å². The van der Waals surface area contributed by atoms with Gasteiger partial charge in [0.05, 0.1) is 20.1 Å². The molecule has 28 heavy (non-hydrogen) atoms. The molecule has 3 N–H and O–H groups in total. The highest BCUT2D eigenvalue weighted by Gasteiger charge is 2.06. The maximum absolute atomic E-state index is 12.1. The number of hydrogen-bond acceptors (Lipinski definition) is 5. The minimum Gasteiger partial charge on any atom is -0.493 e. The van der Waals surface area contributed by atoms with Gasteiger partial charge in [0.2, 0.25) is 0 Å². The van der Waals surface area contributed by atoms with Crippen molar-refractivity contribution < 1.29 is 29.0 Å². The number of carbonyl (C=O) groups excluding carboxylic acids is 2. The lowest BCUT2D eigenvalue weighted by Gasteiger charge is -2.10. The fourth-order valence-corrected chi connectivity index (χ4v) is 2.34. The predicted octanol–water partition coefficient (Wildman–Crippen LogP) is 3.29. The van der Waals surface area contributed by atoms with Crippen LogP contribution in [0.2, 0.25) is 0 Å². The summed E-state index contributed by atoms with van der Waals surface area (Å²) < 4.78 is 9.95. The van der Waals surface area contributed by atoms with Gasteiger partial charge in [-0.3, -0.25) is 9.59 Å². The summed E-state index contributed by atoms with van der Waals surface area (Å²) in [5.41, 5.74) is 1.97. The number of aliphatic carboxylic acids is 1. The van der Waals surface area contributed by atoms with E-state index in [9.17, 15) is 14.4 Å². The lowest BCUT2D eigenvalue weighted by Crippen LogP contribution is -2.19. The predicted molar refractivity (Wildman–Crippen MR) is 104 cm³/mol. The van der Waals surface area contributed by atoms with Gasteiger partial charge >= 0.3 is 18.0 Å². The fraction of sp³-hybridized carbons (Fsp3) is 0.250. The van der Waals surface area contributed by atoms with Gasteiger partial charge in [-0.25, -0.2) is 4.79 Å². The molecule has 2 aromatic carbocycles. The van der Waals surface area contributed by atoms with Crippen molar-refractivity contribution in [1.29, 1.82) is 0 Å². The van der Waals surface area contributed by atoms with Gasteiger partial charge in [0, 0.05) is 17.8 Å². The molecule has 8 heteroatoms. The first-order valence-electron chi connectivity index (χ1n) is 8.64. The Balaban J connectivity index is 1.83. The number of aryl methyl sites for hydroxylation is 1. The zero-order valence-electron chi connectivity index (χ0n) is 15.4. The van der Waals surface area contributed by atoms with Crippen LogP contribution in [0.1, 0.15) is 18.4 Å². The molecule has 0 radical (unpaired) electrons. The molecule has 148 valence electrons. The number of hydrogen-bond donors (Lipinski definition) is 3. The fourth-order valence-electron chi connectivity index (χ4n) is 2.34. The van der Waals surface area contributed by atoms with Crippen molar-refractivity contribution in [2.75, 3.05) is 24.4 Å². The van der Waals surface area contributed by atoms with Crippen LogP contribution in [0.3, 0.4) is 0 Å². The molecule has 0 unspecified atom stereocenters. The normalized spacial score (nSPS) is 10.0. The molecule has 0 saturated heterocycles. The SMILES string of the molecule is COC(=O)CCOc1ccc(NC(=O)Nc2cccc(CCC(=O)O)c2)cc1. The van der Waals surface area contributed by atoms with Crippen molar-refractivity contribution in [2.45, 2.75) is 19.3 Å². The molecule has 0 heterocycles. The molecular formula is C20H22N2O6. The molecule has 0 aliphatic carbocycles. The molecule has 0 aliphatic rings. The number of carboxylic acids is 1. The van der Waals surface area contributed by atoms with Crippen molar-refractivity contribution in [1.82, 2.24) is 0 Å². The summed E-state index contributed by atoms with van der Waals surface area (Å²) in [6, 6.07) is 13.3. The minimum absolute atomic E-state index is 0.0314. The molecule has 2 aromatic rings. The zero-order chi connectivity index (χ0) is 20.4. The molecule has 0 spiro atoms. The monoisotopic (exact) mass is 386 g/mol. The van der Waals surface area contributed by atoms with E-state index in [-0.39, 0.29) is 25.4 Å². The van der Waals surface area contributed by atoms with Gasteiger partial charge in [0.25, 0.3) is 0 Å². The summed E-state index contributed by atoms with van der Waals surface area (Å²) >= 11 is 0. The zero-order valence-corrected chi connectivity index (χ0v) is 15.4. The van der Waals surface area contributed by atoms with Gasteiger partial charge in [-0.15, -0.1) is 0 Å². The number of amides is 2. The Bertz CT molecular complexity index is 820. The van der Waals surface area contributed by atoms with Gasteiger partial charge in [-0.1, -0.05) is 12.1 Å². The summed E-state index contributed by atoms with van der Waals surface area (Å²) in [6.45, 7) is 0.207. The lowest BCUT2D eigenvalue weighted by molar-refractivity contribution is -0.141. The highest BCUT2D eigenvalue weighted by atomic mass is 16.5. The summed E-state index contributed by atoms with van der Waals surface area (Å²) in [7, 11) is 1.32. The quantitative estimate of drug-likeness (QED) is 0.570. The van der Waals surface area contributed by atoms with Gasteiger partial charge in [-0.2, -0.15) is 0 Å². The molecular weight excluding hydrogens is 364 g/mol. The van der Waals surface area contributed by atoms with E-state index >= 15 is 0 Å². The molecule has 2 amide bonds. The van der Waals surface area contributed by atoms with E-state index in [0.717, 1.165) is 5.56 Å². The van der Waals surface area contributed by atoms with Crippen LogP contribution in [0.25, 0.3) is 0 Å². The van der Waals surface area contributed by atoms with Crippen LogP contribution in [-0.2, 0) is 20.7 Å². The summed E-state index contributed by atoms with van der Waals surface area (Å²) in [5, 5.41) is 14.2. The van der Waals surface area contributed by atoms with Crippen molar-refractivity contribution in [3.05, 3.63) is 54.1 Å². The lowest BCUT2D eigenvalue weighted by atomic mass is 10.1. The van der Waals surface area contributed by atoms with E-state index in [1.807, 2.05) is 6.07 Å². The van der Waals surface area contributed by atoms with Crippen LogP contribution in [0.5, 0.6) is 5.75 Å². The van der Waals surface area contributed by atoms with Gasteiger partial charge < -0.3 is 25.2 Å². The minimum atomic E-state index is -0.867. The molecule has 2 rings (SSSR count). The number of ether oxygens (including phenoxy) is 2. The number of carboxylic acid groups (broad SMARTS) is 1. The van der Waals surface area contributed by atoms with Crippen LogP contribution in [0, 0.1) is 0 Å². The Hall–Kier alpha value is -3.55. The number of anilines is 2. The smallest absolute Gasteiger partial charge is 0.323 e. The number of nitrogens with one attached hydrogen (secondary N) is 2. The van der Waals surface area contributed by atoms with E-state index in [1.165, 1.54) is 7.11 Å². The summed E-state index contributed by atoms with van der Waals surface area (Å²) in [6.07, 6.45) is 0.581. The van der Waals surface area contributed by atoms with Crippen molar-refractivity contribution in [3.63, 3.8) is 0 Å². The summed E-state index contributed by atoms with van der Waals surface area (Å²) in [5.74, 6) is -0.642. The largest absolute Gasteiger partial charge is 0.493 e. The van der Waals surface area contributed by atoms with Crippen molar-refractivity contribution >= 4 is 29.3 Å². The van der Waals surface area contributed by atoms with Crippen LogP contribution in [0.15, 0.2) is 48.5 Å². The van der Waals surface area contributed by atoms with E-state index < -0.39 is 12.0 Å². The standard InChI is InChI=1S/C20H22N2O6/c1-27-19(25)11-12-28-17-8-6-15(7-9-17)21-20(26)22-16-4-2-3-14(13-16)5-10-18(23)24/h2-4,6-9,13H,5,10-12H2,1H3,(H,23,24)(H2,21,22,26). The Kier molecular flexibility index (Phi) is 7.83. The number of esters is 1. The maximum Gasteiger partial charge on any atom is 0.323 e. The number of urea groups is 1. The number of methoxy groups -OCH3 is 1. The van der Waals surface area contributed by atoms with Gasteiger partial charge in [-0.05, 0) is 48.4 Å². The first-order chi connectivity index (χ1) is 13.5. The highest BCUT2D eigenvalue weighted by molar-refractivity contribution is 5.99. The van der Waals surface area contributed by atoms with E-state index in [1.54, 1.807) is 42.5 Å². The molecule has 0 saturated carbocycles. The maximum atomic E-state index is 12.1. The topological polar surface area (TPSA) is 114 Å². The highest BCUT2D eigenvalue weighted by Crippen LogP contribution is 2.17. The number of carbonyl (C=O) groups is 3. The van der Waals surface area contributed by atoms with Gasteiger partial charge in [0.1, 0.15) is 5.75 Å². The van der Waals surface area contributed by atoms with Crippen LogP contribution in [0.4, 0.5) is 16.2 Å².